The minimum Gasteiger partial charge on any atom is -0.258 e. The highest BCUT2D eigenvalue weighted by molar-refractivity contribution is 5.82. The first-order chi connectivity index (χ1) is 9.90. The first kappa shape index (κ1) is 14.3. The maximum absolute atomic E-state index is 11.1. The van der Waals surface area contributed by atoms with Gasteiger partial charge in [0.25, 0.3) is 11.4 Å². The quantitative estimate of drug-likeness (QED) is 0.634. The summed E-state index contributed by atoms with van der Waals surface area (Å²) in [7, 11) is 0. The van der Waals surface area contributed by atoms with Crippen molar-refractivity contribution in [2.75, 3.05) is 0 Å². The van der Waals surface area contributed by atoms with Crippen molar-refractivity contribution in [3.05, 3.63) is 80.2 Å². The molecule has 0 amide bonds. The van der Waals surface area contributed by atoms with Gasteiger partial charge in [-0.1, -0.05) is 6.58 Å². The van der Waals surface area contributed by atoms with Gasteiger partial charge in [0.2, 0.25) is 0 Å². The molecule has 1 aromatic heterocycles. The minimum absolute atomic E-state index is 0.212. The molecule has 0 saturated carbocycles. The largest absolute Gasteiger partial charge is 0.284 e. The van der Waals surface area contributed by atoms with Gasteiger partial charge in [0.1, 0.15) is 0 Å². The Morgan fingerprint density at radius 2 is 1.86 bits per heavy atom. The molecule has 2 rings (SSSR count). The van der Waals surface area contributed by atoms with E-state index in [1.807, 2.05) is 6.92 Å². The molecule has 0 fully saturated rings. The average molecular weight is 285 g/mol. The molecule has 1 aromatic carbocycles. The number of benzene rings is 1. The van der Waals surface area contributed by atoms with Crippen LogP contribution >= 0.6 is 0 Å². The Labute approximate surface area is 119 Å². The molecular weight excluding hydrogens is 274 g/mol. The van der Waals surface area contributed by atoms with Crippen molar-refractivity contribution in [1.82, 2.24) is 4.98 Å². The molecule has 7 heteroatoms. The van der Waals surface area contributed by atoms with Gasteiger partial charge in [0.15, 0.2) is 0 Å². The SMILES string of the molecule is C=C(c1cc(C)ccn1)c1ccc([N+](=O)[O-])cc1[N+](=O)[O-]. The van der Waals surface area contributed by atoms with Crippen molar-refractivity contribution in [1.29, 1.82) is 0 Å². The summed E-state index contributed by atoms with van der Waals surface area (Å²) in [5, 5.41) is 21.8. The highest BCUT2D eigenvalue weighted by atomic mass is 16.6. The van der Waals surface area contributed by atoms with Gasteiger partial charge < -0.3 is 0 Å². The fourth-order valence-corrected chi connectivity index (χ4v) is 1.88. The second-order valence-electron chi connectivity index (χ2n) is 4.41. The normalized spacial score (nSPS) is 10.1. The Kier molecular flexibility index (Phi) is 3.75. The van der Waals surface area contributed by atoms with E-state index in [0.717, 1.165) is 11.6 Å². The summed E-state index contributed by atoms with van der Waals surface area (Å²) in [6.07, 6.45) is 1.58. The molecular formula is C14H11N3O4. The number of nitro benzene ring substituents is 2. The lowest BCUT2D eigenvalue weighted by atomic mass is 10.0. The van der Waals surface area contributed by atoms with E-state index in [1.54, 1.807) is 18.3 Å². The molecule has 0 bridgehead atoms. The van der Waals surface area contributed by atoms with Crippen LogP contribution in [0.25, 0.3) is 5.57 Å². The summed E-state index contributed by atoms with van der Waals surface area (Å²) in [4.78, 5) is 24.6. The molecule has 21 heavy (non-hydrogen) atoms. The highest BCUT2D eigenvalue weighted by Crippen LogP contribution is 2.32. The van der Waals surface area contributed by atoms with Crippen LogP contribution in [-0.4, -0.2) is 14.8 Å². The number of rotatable bonds is 4. The zero-order valence-electron chi connectivity index (χ0n) is 11.1. The Hall–Kier alpha value is -3.09. The fourth-order valence-electron chi connectivity index (χ4n) is 1.88. The van der Waals surface area contributed by atoms with Crippen molar-refractivity contribution in [3.63, 3.8) is 0 Å². The zero-order chi connectivity index (χ0) is 15.6. The monoisotopic (exact) mass is 285 g/mol. The number of hydrogen-bond acceptors (Lipinski definition) is 5. The van der Waals surface area contributed by atoms with Crippen molar-refractivity contribution >= 4 is 16.9 Å². The second-order valence-corrected chi connectivity index (χ2v) is 4.41. The molecule has 2 aromatic rings. The lowest BCUT2D eigenvalue weighted by molar-refractivity contribution is -0.394. The van der Waals surface area contributed by atoms with Gasteiger partial charge in [-0.15, -0.1) is 0 Å². The maximum Gasteiger partial charge on any atom is 0.284 e. The Morgan fingerprint density at radius 3 is 2.43 bits per heavy atom. The van der Waals surface area contributed by atoms with Crippen LogP contribution in [0.5, 0.6) is 0 Å². The van der Waals surface area contributed by atoms with Crippen molar-refractivity contribution in [2.45, 2.75) is 6.92 Å². The van der Waals surface area contributed by atoms with Gasteiger partial charge >= 0.3 is 0 Å². The van der Waals surface area contributed by atoms with Crippen LogP contribution in [-0.2, 0) is 0 Å². The summed E-state index contributed by atoms with van der Waals surface area (Å²) < 4.78 is 0. The molecule has 0 N–H and O–H groups in total. The van der Waals surface area contributed by atoms with Gasteiger partial charge in [-0.25, -0.2) is 0 Å². The molecule has 0 spiro atoms. The smallest absolute Gasteiger partial charge is 0.258 e. The zero-order valence-corrected chi connectivity index (χ0v) is 11.1. The highest BCUT2D eigenvalue weighted by Gasteiger charge is 2.22. The van der Waals surface area contributed by atoms with Crippen LogP contribution in [0.1, 0.15) is 16.8 Å². The van der Waals surface area contributed by atoms with E-state index in [0.29, 0.717) is 11.3 Å². The van der Waals surface area contributed by atoms with Crippen LogP contribution in [0.15, 0.2) is 43.1 Å². The summed E-state index contributed by atoms with van der Waals surface area (Å²) in [6.45, 7) is 5.68. The molecule has 0 aliphatic rings. The molecule has 1 heterocycles. The Balaban J connectivity index is 2.55. The van der Waals surface area contributed by atoms with E-state index in [2.05, 4.69) is 11.6 Å². The second kappa shape index (κ2) is 5.49. The number of nitro groups is 2. The summed E-state index contributed by atoms with van der Waals surface area (Å²) in [5.74, 6) is 0. The van der Waals surface area contributed by atoms with E-state index < -0.39 is 9.85 Å². The van der Waals surface area contributed by atoms with E-state index in [1.165, 1.54) is 12.1 Å². The number of hydrogen-bond donors (Lipinski definition) is 0. The van der Waals surface area contributed by atoms with Crippen LogP contribution in [0.3, 0.4) is 0 Å². The molecule has 0 atom stereocenters. The van der Waals surface area contributed by atoms with E-state index in [-0.39, 0.29) is 16.9 Å². The van der Waals surface area contributed by atoms with Crippen molar-refractivity contribution < 1.29 is 9.85 Å². The standard InChI is InChI=1S/C14H11N3O4/c1-9-5-6-15-13(7-9)10(2)12-4-3-11(16(18)19)8-14(12)17(20)21/h3-8H,2H2,1H3. The molecule has 7 nitrogen and oxygen atoms in total. The Bertz CT molecular complexity index is 756. The lowest BCUT2D eigenvalue weighted by Crippen LogP contribution is -1.99. The van der Waals surface area contributed by atoms with E-state index >= 15 is 0 Å². The van der Waals surface area contributed by atoms with Crippen molar-refractivity contribution in [3.8, 4) is 0 Å². The average Bonchev–Trinajstić information content (AvgIpc) is 2.45. The van der Waals surface area contributed by atoms with Crippen molar-refractivity contribution in [2.24, 2.45) is 0 Å². The van der Waals surface area contributed by atoms with Crippen LogP contribution in [0.2, 0.25) is 0 Å². The lowest BCUT2D eigenvalue weighted by Gasteiger charge is -2.07. The number of pyridine rings is 1. The summed E-state index contributed by atoms with van der Waals surface area (Å²) in [5.41, 5.74) is 1.29. The van der Waals surface area contributed by atoms with Crippen LogP contribution in [0, 0.1) is 27.2 Å². The van der Waals surface area contributed by atoms with Gasteiger partial charge in [-0.05, 0) is 30.7 Å². The molecule has 0 aliphatic carbocycles. The predicted octanol–water partition coefficient (Wildman–Crippen LogP) is 3.27. The fraction of sp³-hybridized carbons (Fsp3) is 0.0714. The number of aromatic nitrogens is 1. The molecule has 0 aliphatic heterocycles. The predicted molar refractivity (Wildman–Crippen MR) is 76.9 cm³/mol. The topological polar surface area (TPSA) is 99.2 Å². The van der Waals surface area contributed by atoms with Crippen LogP contribution in [0.4, 0.5) is 11.4 Å². The molecule has 0 radical (unpaired) electrons. The van der Waals surface area contributed by atoms with Crippen LogP contribution < -0.4 is 0 Å². The third kappa shape index (κ3) is 2.92. The molecule has 0 saturated heterocycles. The number of nitrogens with zero attached hydrogens (tertiary/aromatic N) is 3. The van der Waals surface area contributed by atoms with Gasteiger partial charge in [-0.2, -0.15) is 0 Å². The summed E-state index contributed by atoms with van der Waals surface area (Å²) in [6, 6.07) is 7.00. The third-order valence-electron chi connectivity index (χ3n) is 2.94. The van der Waals surface area contributed by atoms with E-state index in [4.69, 9.17) is 0 Å². The minimum atomic E-state index is -0.676. The first-order valence-electron chi connectivity index (χ1n) is 5.95. The van der Waals surface area contributed by atoms with Gasteiger partial charge in [0, 0.05) is 17.8 Å². The Morgan fingerprint density at radius 1 is 1.14 bits per heavy atom. The number of aryl methyl sites for hydroxylation is 1. The van der Waals surface area contributed by atoms with Gasteiger partial charge in [-0.3, -0.25) is 25.2 Å². The molecule has 106 valence electrons. The van der Waals surface area contributed by atoms with Gasteiger partial charge in [0.05, 0.1) is 27.2 Å². The molecule has 0 unspecified atom stereocenters. The summed E-state index contributed by atoms with van der Waals surface area (Å²) >= 11 is 0. The first-order valence-corrected chi connectivity index (χ1v) is 5.95. The maximum atomic E-state index is 11.1. The third-order valence-corrected chi connectivity index (χ3v) is 2.94. The number of non-ortho nitro benzene ring substituents is 1. The van der Waals surface area contributed by atoms with E-state index in [9.17, 15) is 20.2 Å².